The molecular formula is C17H30N4O. The molecule has 1 saturated carbocycles. The van der Waals surface area contributed by atoms with Crippen molar-refractivity contribution in [3.63, 3.8) is 0 Å². The molecule has 0 radical (unpaired) electrons. The molecule has 5 nitrogen and oxygen atoms in total. The van der Waals surface area contributed by atoms with Gasteiger partial charge in [0.2, 0.25) is 0 Å². The van der Waals surface area contributed by atoms with Crippen molar-refractivity contribution in [1.29, 1.82) is 0 Å². The van der Waals surface area contributed by atoms with Crippen molar-refractivity contribution in [1.82, 2.24) is 15.1 Å². The average Bonchev–Trinajstić information content (AvgIpc) is 3.13. The fourth-order valence-corrected chi connectivity index (χ4v) is 4.75. The van der Waals surface area contributed by atoms with Crippen LogP contribution in [0, 0.1) is 5.41 Å². The minimum Gasteiger partial charge on any atom is -0.373 e. The van der Waals surface area contributed by atoms with Gasteiger partial charge in [0, 0.05) is 39.3 Å². The van der Waals surface area contributed by atoms with Crippen LogP contribution >= 0.6 is 0 Å². The number of aliphatic imine (C=N–C) groups is 1. The molecule has 3 heterocycles. The van der Waals surface area contributed by atoms with E-state index in [1.54, 1.807) is 0 Å². The fraction of sp³-hybridized carbons (Fsp3) is 0.941. The van der Waals surface area contributed by atoms with Crippen LogP contribution in [-0.4, -0.2) is 74.3 Å². The van der Waals surface area contributed by atoms with E-state index in [-0.39, 0.29) is 0 Å². The molecule has 4 aliphatic rings. The number of nitrogens with zero attached hydrogens (tertiary/aromatic N) is 3. The first-order valence-electron chi connectivity index (χ1n) is 9.09. The van der Waals surface area contributed by atoms with Gasteiger partial charge in [-0.15, -0.1) is 0 Å². The van der Waals surface area contributed by atoms with Crippen LogP contribution in [0.25, 0.3) is 0 Å². The highest BCUT2D eigenvalue weighted by molar-refractivity contribution is 5.80. The van der Waals surface area contributed by atoms with E-state index in [1.165, 1.54) is 58.2 Å². The third-order valence-electron chi connectivity index (χ3n) is 6.31. The summed E-state index contributed by atoms with van der Waals surface area (Å²) in [4.78, 5) is 9.58. The Hall–Kier alpha value is -0.810. The van der Waals surface area contributed by atoms with E-state index >= 15 is 0 Å². The number of hydrogen-bond acceptors (Lipinski definition) is 3. The molecule has 2 unspecified atom stereocenters. The molecule has 4 rings (SSSR count). The van der Waals surface area contributed by atoms with Crippen molar-refractivity contribution in [2.45, 2.75) is 50.7 Å². The fourth-order valence-electron chi connectivity index (χ4n) is 4.75. The third-order valence-corrected chi connectivity index (χ3v) is 6.31. The van der Waals surface area contributed by atoms with Gasteiger partial charge in [-0.25, -0.2) is 0 Å². The highest BCUT2D eigenvalue weighted by Gasteiger charge is 2.43. The van der Waals surface area contributed by atoms with Crippen molar-refractivity contribution in [3.8, 4) is 0 Å². The quantitative estimate of drug-likeness (QED) is 0.617. The molecular weight excluding hydrogens is 276 g/mol. The van der Waals surface area contributed by atoms with Gasteiger partial charge >= 0.3 is 0 Å². The number of fused-ring (bicyclic) bond motifs is 1. The molecule has 0 amide bonds. The number of rotatable bonds is 2. The zero-order valence-electron chi connectivity index (χ0n) is 13.9. The Kier molecular flexibility index (Phi) is 4.03. The molecule has 2 atom stereocenters. The summed E-state index contributed by atoms with van der Waals surface area (Å²) in [5.74, 6) is 1.08. The Morgan fingerprint density at radius 2 is 2.18 bits per heavy atom. The lowest BCUT2D eigenvalue weighted by Crippen LogP contribution is -2.52. The second kappa shape index (κ2) is 6.00. The molecule has 3 saturated heterocycles. The molecule has 0 aromatic rings. The second-order valence-corrected chi connectivity index (χ2v) is 7.70. The van der Waals surface area contributed by atoms with E-state index in [2.05, 4.69) is 20.1 Å². The summed E-state index contributed by atoms with van der Waals surface area (Å²) in [7, 11) is 1.91. The van der Waals surface area contributed by atoms with Crippen molar-refractivity contribution in [2.24, 2.45) is 10.4 Å². The normalized spacial score (nSPS) is 34.8. The van der Waals surface area contributed by atoms with Gasteiger partial charge in [0.1, 0.15) is 0 Å². The molecule has 22 heavy (non-hydrogen) atoms. The maximum Gasteiger partial charge on any atom is 0.193 e. The number of morpholine rings is 1. The van der Waals surface area contributed by atoms with Gasteiger partial charge in [0.25, 0.3) is 0 Å². The van der Waals surface area contributed by atoms with Gasteiger partial charge in [-0.3, -0.25) is 9.89 Å². The first-order chi connectivity index (χ1) is 10.8. The van der Waals surface area contributed by atoms with Gasteiger partial charge in [0.15, 0.2) is 5.96 Å². The second-order valence-electron chi connectivity index (χ2n) is 7.70. The van der Waals surface area contributed by atoms with Gasteiger partial charge in [0.05, 0.1) is 12.7 Å². The smallest absolute Gasteiger partial charge is 0.193 e. The Bertz CT molecular complexity index is 434. The Morgan fingerprint density at radius 3 is 2.91 bits per heavy atom. The summed E-state index contributed by atoms with van der Waals surface area (Å²) < 4.78 is 6.05. The summed E-state index contributed by atoms with van der Waals surface area (Å²) in [5.41, 5.74) is 0.627. The lowest BCUT2D eigenvalue weighted by molar-refractivity contribution is -0.0454. The first kappa shape index (κ1) is 14.8. The SMILES string of the molecule is CN=C(NCC1CN2CCCC2CO1)N1CCC2(CCC2)C1. The van der Waals surface area contributed by atoms with E-state index in [0.717, 1.165) is 25.7 Å². The maximum absolute atomic E-state index is 6.05. The molecule has 1 spiro atoms. The van der Waals surface area contributed by atoms with Crippen molar-refractivity contribution in [2.75, 3.05) is 46.4 Å². The van der Waals surface area contributed by atoms with Gasteiger partial charge in [-0.05, 0) is 44.1 Å². The Morgan fingerprint density at radius 1 is 1.27 bits per heavy atom. The predicted octanol–water partition coefficient (Wildman–Crippen LogP) is 1.30. The lowest BCUT2D eigenvalue weighted by Gasteiger charge is -2.38. The number of guanidine groups is 1. The van der Waals surface area contributed by atoms with Gasteiger partial charge < -0.3 is 15.0 Å². The summed E-state index contributed by atoms with van der Waals surface area (Å²) >= 11 is 0. The number of nitrogens with one attached hydrogen (secondary N) is 1. The standard InChI is InChI=1S/C17H30N4O/c1-18-16(21-9-7-17(13-21)5-3-6-17)19-10-15-11-20-8-2-4-14(20)12-22-15/h14-15H,2-13H2,1H3,(H,18,19). The molecule has 5 heteroatoms. The van der Waals surface area contributed by atoms with Crippen LogP contribution in [-0.2, 0) is 4.74 Å². The predicted molar refractivity (Wildman–Crippen MR) is 88.2 cm³/mol. The van der Waals surface area contributed by atoms with E-state index in [9.17, 15) is 0 Å². The molecule has 124 valence electrons. The minimum absolute atomic E-state index is 0.311. The number of likely N-dealkylation sites (tertiary alicyclic amines) is 1. The Balaban J connectivity index is 1.27. The first-order valence-corrected chi connectivity index (χ1v) is 9.09. The monoisotopic (exact) mass is 306 g/mol. The Labute approximate surface area is 134 Å². The molecule has 1 aliphatic carbocycles. The van der Waals surface area contributed by atoms with Crippen LogP contribution in [0.15, 0.2) is 4.99 Å². The van der Waals surface area contributed by atoms with E-state index in [4.69, 9.17) is 4.74 Å². The van der Waals surface area contributed by atoms with Crippen LogP contribution in [0.3, 0.4) is 0 Å². The third kappa shape index (κ3) is 2.73. The molecule has 1 N–H and O–H groups in total. The van der Waals surface area contributed by atoms with Gasteiger partial charge in [-0.1, -0.05) is 6.42 Å². The van der Waals surface area contributed by atoms with Crippen molar-refractivity contribution >= 4 is 5.96 Å². The average molecular weight is 306 g/mol. The van der Waals surface area contributed by atoms with Crippen molar-refractivity contribution in [3.05, 3.63) is 0 Å². The van der Waals surface area contributed by atoms with Crippen LogP contribution in [0.5, 0.6) is 0 Å². The topological polar surface area (TPSA) is 40.1 Å². The highest BCUT2D eigenvalue weighted by atomic mass is 16.5. The number of ether oxygens (including phenoxy) is 1. The lowest BCUT2D eigenvalue weighted by atomic mass is 9.68. The summed E-state index contributed by atoms with van der Waals surface area (Å²) in [6, 6.07) is 0.688. The summed E-state index contributed by atoms with van der Waals surface area (Å²) in [5, 5.41) is 3.57. The maximum atomic E-state index is 6.05. The molecule has 0 aromatic heterocycles. The molecule has 4 fully saturated rings. The van der Waals surface area contributed by atoms with Gasteiger partial charge in [-0.2, -0.15) is 0 Å². The number of hydrogen-bond donors (Lipinski definition) is 1. The van der Waals surface area contributed by atoms with Crippen LogP contribution in [0.1, 0.15) is 38.5 Å². The zero-order valence-corrected chi connectivity index (χ0v) is 13.9. The van der Waals surface area contributed by atoms with E-state index in [1.807, 2.05) is 7.05 Å². The summed E-state index contributed by atoms with van der Waals surface area (Å²) in [6.07, 6.45) is 8.58. The highest BCUT2D eigenvalue weighted by Crippen LogP contribution is 2.47. The molecule has 3 aliphatic heterocycles. The van der Waals surface area contributed by atoms with Crippen LogP contribution in [0.2, 0.25) is 0 Å². The summed E-state index contributed by atoms with van der Waals surface area (Å²) in [6.45, 7) is 6.51. The van der Waals surface area contributed by atoms with E-state index < -0.39 is 0 Å². The molecule has 0 aromatic carbocycles. The molecule has 0 bridgehead atoms. The van der Waals surface area contributed by atoms with Crippen molar-refractivity contribution < 1.29 is 4.74 Å². The van der Waals surface area contributed by atoms with Crippen LogP contribution in [0.4, 0.5) is 0 Å². The minimum atomic E-state index is 0.311. The van der Waals surface area contributed by atoms with E-state index in [0.29, 0.717) is 17.6 Å². The largest absolute Gasteiger partial charge is 0.373 e. The zero-order chi connectivity index (χ0) is 15.0. The van der Waals surface area contributed by atoms with Crippen LogP contribution < -0.4 is 5.32 Å².